The van der Waals surface area contributed by atoms with E-state index in [1.165, 1.54) is 25.7 Å². The molecule has 0 aromatic carbocycles. The van der Waals surface area contributed by atoms with E-state index in [1.54, 1.807) is 0 Å². The zero-order valence-corrected chi connectivity index (χ0v) is 15.6. The molecule has 0 aromatic rings. The van der Waals surface area contributed by atoms with Gasteiger partial charge in [0, 0.05) is 11.5 Å². The van der Waals surface area contributed by atoms with Crippen molar-refractivity contribution in [3.8, 4) is 0 Å². The Morgan fingerprint density at radius 1 is 1.09 bits per heavy atom. The first kappa shape index (κ1) is 17.6. The summed E-state index contributed by atoms with van der Waals surface area (Å²) < 4.78 is 5.83. The lowest BCUT2D eigenvalue weighted by molar-refractivity contribution is -0.164. The second kappa shape index (κ2) is 5.69. The van der Waals surface area contributed by atoms with Gasteiger partial charge in [-0.3, -0.25) is 0 Å². The monoisotopic (exact) mass is 306 g/mol. The lowest BCUT2D eigenvalue weighted by Gasteiger charge is -2.59. The van der Waals surface area contributed by atoms with Crippen molar-refractivity contribution >= 4 is 5.97 Å². The largest absolute Gasteiger partial charge is 0.455 e. The first-order chi connectivity index (χ1) is 10.2. The van der Waals surface area contributed by atoms with E-state index in [-0.39, 0.29) is 22.9 Å². The Bertz CT molecular complexity index is 476. The van der Waals surface area contributed by atoms with Crippen molar-refractivity contribution in [1.29, 1.82) is 0 Å². The zero-order chi connectivity index (χ0) is 16.8. The zero-order valence-electron chi connectivity index (χ0n) is 15.6. The third-order valence-corrected chi connectivity index (χ3v) is 6.66. The highest BCUT2D eigenvalue weighted by Crippen LogP contribution is 2.66. The molecular formula is C20H34O2. The molecule has 0 bridgehead atoms. The SMILES string of the molecule is C/C=C1\C(=O)O[C@]2(C)CC[C@H]3C(C)(C)CCC[C@]3(C)[C@@H]12.CC. The Morgan fingerprint density at radius 2 is 1.73 bits per heavy atom. The van der Waals surface area contributed by atoms with Crippen LogP contribution in [0.3, 0.4) is 0 Å². The van der Waals surface area contributed by atoms with Crippen LogP contribution in [-0.2, 0) is 9.53 Å². The van der Waals surface area contributed by atoms with E-state index in [1.807, 2.05) is 26.8 Å². The van der Waals surface area contributed by atoms with Crippen LogP contribution >= 0.6 is 0 Å². The van der Waals surface area contributed by atoms with E-state index < -0.39 is 0 Å². The summed E-state index contributed by atoms with van der Waals surface area (Å²) in [6.45, 7) is 15.4. The highest BCUT2D eigenvalue weighted by Gasteiger charge is 2.64. The Hall–Kier alpha value is -0.790. The van der Waals surface area contributed by atoms with E-state index in [0.29, 0.717) is 11.3 Å². The Balaban J connectivity index is 0.000000847. The van der Waals surface area contributed by atoms with Crippen molar-refractivity contribution in [2.45, 2.75) is 86.2 Å². The number of fused-ring (bicyclic) bond motifs is 3. The van der Waals surface area contributed by atoms with Crippen molar-refractivity contribution in [2.24, 2.45) is 22.7 Å². The summed E-state index contributed by atoms with van der Waals surface area (Å²) in [6.07, 6.45) is 8.04. The van der Waals surface area contributed by atoms with E-state index in [0.717, 1.165) is 12.0 Å². The van der Waals surface area contributed by atoms with Crippen LogP contribution < -0.4 is 0 Å². The predicted octanol–water partition coefficient (Wildman–Crippen LogP) is 5.52. The van der Waals surface area contributed by atoms with Gasteiger partial charge in [0.2, 0.25) is 0 Å². The van der Waals surface area contributed by atoms with Gasteiger partial charge in [0.1, 0.15) is 5.60 Å². The summed E-state index contributed by atoms with van der Waals surface area (Å²) >= 11 is 0. The maximum Gasteiger partial charge on any atom is 0.334 e. The van der Waals surface area contributed by atoms with E-state index in [4.69, 9.17) is 4.74 Å². The predicted molar refractivity (Wildman–Crippen MR) is 91.6 cm³/mol. The molecule has 0 N–H and O–H groups in total. The van der Waals surface area contributed by atoms with Crippen molar-refractivity contribution in [3.05, 3.63) is 11.6 Å². The van der Waals surface area contributed by atoms with Crippen LogP contribution in [0.2, 0.25) is 0 Å². The molecule has 1 aliphatic heterocycles. The molecule has 126 valence electrons. The number of esters is 1. The normalized spacial score (nSPS) is 44.5. The van der Waals surface area contributed by atoms with Gasteiger partial charge < -0.3 is 4.74 Å². The van der Waals surface area contributed by atoms with Gasteiger partial charge in [-0.2, -0.15) is 0 Å². The number of carbonyl (C=O) groups is 1. The van der Waals surface area contributed by atoms with Crippen molar-refractivity contribution in [3.63, 3.8) is 0 Å². The summed E-state index contributed by atoms with van der Waals surface area (Å²) in [7, 11) is 0. The van der Waals surface area contributed by atoms with Gasteiger partial charge in [-0.1, -0.05) is 47.1 Å². The number of hydrogen-bond acceptors (Lipinski definition) is 2. The number of ether oxygens (including phenoxy) is 1. The molecule has 0 aromatic heterocycles. The minimum Gasteiger partial charge on any atom is -0.455 e. The second-order valence-electron chi connectivity index (χ2n) is 8.32. The number of hydrogen-bond donors (Lipinski definition) is 0. The van der Waals surface area contributed by atoms with Crippen LogP contribution in [0.4, 0.5) is 0 Å². The van der Waals surface area contributed by atoms with Crippen LogP contribution in [0.25, 0.3) is 0 Å². The van der Waals surface area contributed by atoms with Crippen molar-refractivity contribution < 1.29 is 9.53 Å². The van der Waals surface area contributed by atoms with E-state index >= 15 is 0 Å². The number of rotatable bonds is 0. The smallest absolute Gasteiger partial charge is 0.334 e. The average Bonchev–Trinajstić information content (AvgIpc) is 2.71. The summed E-state index contributed by atoms with van der Waals surface area (Å²) in [5.74, 6) is 0.919. The Kier molecular flexibility index (Phi) is 4.54. The van der Waals surface area contributed by atoms with Gasteiger partial charge in [-0.15, -0.1) is 0 Å². The highest BCUT2D eigenvalue weighted by atomic mass is 16.6. The maximum atomic E-state index is 12.3. The van der Waals surface area contributed by atoms with Crippen LogP contribution in [0.1, 0.15) is 80.6 Å². The average molecular weight is 306 g/mol. The molecule has 1 saturated heterocycles. The van der Waals surface area contributed by atoms with Gasteiger partial charge in [0.25, 0.3) is 0 Å². The van der Waals surface area contributed by atoms with E-state index in [2.05, 4.69) is 27.7 Å². The first-order valence-electron chi connectivity index (χ1n) is 9.14. The second-order valence-corrected chi connectivity index (χ2v) is 8.32. The summed E-state index contributed by atoms with van der Waals surface area (Å²) in [5.41, 5.74) is 1.27. The summed E-state index contributed by atoms with van der Waals surface area (Å²) in [5, 5.41) is 0. The fourth-order valence-electron chi connectivity index (χ4n) is 5.97. The minimum atomic E-state index is -0.266. The first-order valence-corrected chi connectivity index (χ1v) is 9.14. The third-order valence-electron chi connectivity index (χ3n) is 6.66. The molecule has 0 unspecified atom stereocenters. The lowest BCUT2D eigenvalue weighted by atomic mass is 9.45. The van der Waals surface area contributed by atoms with Crippen LogP contribution in [0.5, 0.6) is 0 Å². The third kappa shape index (κ3) is 2.34. The standard InChI is InChI=1S/C18H28O2.C2H6/c1-6-12-14-17(4)10-7-9-16(2,3)13(17)8-11-18(14,5)20-15(12)19;1-2/h6,13-14H,7-11H2,1-5H3;1-2H3/b12-6-;/t13-,14+,17-,18+;/m0./s1. The van der Waals surface area contributed by atoms with Gasteiger partial charge in [0.15, 0.2) is 0 Å². The summed E-state index contributed by atoms with van der Waals surface area (Å²) in [6, 6.07) is 0. The van der Waals surface area contributed by atoms with Gasteiger partial charge >= 0.3 is 5.97 Å². The van der Waals surface area contributed by atoms with Crippen molar-refractivity contribution in [1.82, 2.24) is 0 Å². The van der Waals surface area contributed by atoms with Crippen LogP contribution in [0, 0.1) is 22.7 Å². The number of allylic oxidation sites excluding steroid dienone is 1. The summed E-state index contributed by atoms with van der Waals surface area (Å²) in [4.78, 5) is 12.3. The maximum absolute atomic E-state index is 12.3. The molecule has 2 saturated carbocycles. The molecule has 0 spiro atoms. The topological polar surface area (TPSA) is 26.3 Å². The molecule has 3 fully saturated rings. The fourth-order valence-corrected chi connectivity index (χ4v) is 5.97. The van der Waals surface area contributed by atoms with Gasteiger partial charge in [-0.05, 0) is 56.3 Å². The molecule has 4 atom stereocenters. The molecule has 22 heavy (non-hydrogen) atoms. The molecule has 0 radical (unpaired) electrons. The van der Waals surface area contributed by atoms with Crippen LogP contribution in [-0.4, -0.2) is 11.6 Å². The van der Waals surface area contributed by atoms with E-state index in [9.17, 15) is 4.79 Å². The lowest BCUT2D eigenvalue weighted by Crippen LogP contribution is -2.56. The fraction of sp³-hybridized carbons (Fsp3) is 0.850. The Morgan fingerprint density at radius 3 is 2.32 bits per heavy atom. The van der Waals surface area contributed by atoms with Crippen LogP contribution in [0.15, 0.2) is 11.6 Å². The number of carbonyl (C=O) groups excluding carboxylic acids is 1. The van der Waals surface area contributed by atoms with Gasteiger partial charge in [0.05, 0.1) is 0 Å². The molecular weight excluding hydrogens is 272 g/mol. The molecule has 1 heterocycles. The molecule has 3 rings (SSSR count). The Labute approximate surface area is 136 Å². The highest BCUT2D eigenvalue weighted by molar-refractivity contribution is 5.92. The van der Waals surface area contributed by atoms with Gasteiger partial charge in [-0.25, -0.2) is 4.79 Å². The molecule has 3 aliphatic rings. The molecule has 2 aliphatic carbocycles. The molecule has 2 heteroatoms. The quantitative estimate of drug-likeness (QED) is 0.435. The van der Waals surface area contributed by atoms with Crippen molar-refractivity contribution in [2.75, 3.05) is 0 Å². The molecule has 0 amide bonds. The minimum absolute atomic E-state index is 0.0646. The molecule has 2 nitrogen and oxygen atoms in total.